The van der Waals surface area contributed by atoms with Gasteiger partial charge < -0.3 is 5.32 Å². The largest absolute Gasteiger partial charge is 0.314 e. The van der Waals surface area contributed by atoms with E-state index in [0.29, 0.717) is 12.0 Å². The van der Waals surface area contributed by atoms with Gasteiger partial charge in [-0.05, 0) is 18.5 Å². The summed E-state index contributed by atoms with van der Waals surface area (Å²) in [5, 5.41) is 5.71. The van der Waals surface area contributed by atoms with E-state index in [0.717, 1.165) is 28.2 Å². The van der Waals surface area contributed by atoms with Crippen LogP contribution < -0.4 is 5.32 Å². The number of fused-ring (bicyclic) bond motifs is 1. The number of nitrogens with zero attached hydrogens (tertiary/aromatic N) is 2. The fourth-order valence-electron chi connectivity index (χ4n) is 1.81. The number of rotatable bonds is 6. The van der Waals surface area contributed by atoms with Crippen LogP contribution >= 0.6 is 11.8 Å². The molecule has 0 aliphatic heterocycles. The smallest absolute Gasteiger partial charge is 0.117 e. The number of hydrogen-bond donors (Lipinski definition) is 1. The van der Waals surface area contributed by atoms with Gasteiger partial charge in [-0.25, -0.2) is 9.97 Å². The molecule has 1 heterocycles. The Morgan fingerprint density at radius 1 is 1.16 bits per heavy atom. The molecule has 0 spiro atoms. The summed E-state index contributed by atoms with van der Waals surface area (Å²) in [4.78, 5) is 8.70. The summed E-state index contributed by atoms with van der Waals surface area (Å²) in [6, 6.07) is 8.73. The SMILES string of the molecule is CC(CNC(C)C)CSc1ncnc2ccccc12. The van der Waals surface area contributed by atoms with Crippen molar-refractivity contribution < 1.29 is 0 Å². The first kappa shape index (κ1) is 14.3. The number of aromatic nitrogens is 2. The average Bonchev–Trinajstić information content (AvgIpc) is 2.42. The highest BCUT2D eigenvalue weighted by Gasteiger charge is 2.07. The lowest BCUT2D eigenvalue weighted by Gasteiger charge is -2.14. The second kappa shape index (κ2) is 6.87. The maximum absolute atomic E-state index is 4.41. The van der Waals surface area contributed by atoms with Crippen molar-refractivity contribution in [1.82, 2.24) is 15.3 Å². The molecule has 0 saturated carbocycles. The summed E-state index contributed by atoms with van der Waals surface area (Å²) in [6.07, 6.45) is 1.65. The lowest BCUT2D eigenvalue weighted by Crippen LogP contribution is -2.28. The van der Waals surface area contributed by atoms with Crippen molar-refractivity contribution in [2.24, 2.45) is 5.92 Å². The predicted molar refractivity (Wildman–Crippen MR) is 82.6 cm³/mol. The molecule has 0 radical (unpaired) electrons. The van der Waals surface area contributed by atoms with Crippen molar-refractivity contribution in [2.45, 2.75) is 31.8 Å². The van der Waals surface area contributed by atoms with Crippen molar-refractivity contribution >= 4 is 22.7 Å². The second-order valence-corrected chi connectivity index (χ2v) is 6.18. The zero-order valence-corrected chi connectivity index (χ0v) is 12.6. The minimum absolute atomic E-state index is 0.548. The van der Waals surface area contributed by atoms with Crippen LogP contribution in [0.2, 0.25) is 0 Å². The third kappa shape index (κ3) is 4.18. The average molecular weight is 275 g/mol. The molecule has 0 aliphatic rings. The van der Waals surface area contributed by atoms with E-state index in [1.54, 1.807) is 6.33 Å². The lowest BCUT2D eigenvalue weighted by molar-refractivity contribution is 0.510. The van der Waals surface area contributed by atoms with E-state index in [4.69, 9.17) is 0 Å². The standard InChI is InChI=1S/C15H21N3S/c1-11(2)16-8-12(3)9-19-15-13-6-4-5-7-14(13)17-10-18-15/h4-7,10-12,16H,8-9H2,1-3H3. The van der Waals surface area contributed by atoms with Gasteiger partial charge in [0.25, 0.3) is 0 Å². The van der Waals surface area contributed by atoms with Gasteiger partial charge in [0, 0.05) is 17.2 Å². The number of para-hydroxylation sites is 1. The highest BCUT2D eigenvalue weighted by atomic mass is 32.2. The summed E-state index contributed by atoms with van der Waals surface area (Å²) < 4.78 is 0. The van der Waals surface area contributed by atoms with Crippen LogP contribution in [0.3, 0.4) is 0 Å². The molecule has 102 valence electrons. The molecule has 0 bridgehead atoms. The van der Waals surface area contributed by atoms with E-state index in [1.165, 1.54) is 0 Å². The van der Waals surface area contributed by atoms with Crippen LogP contribution in [0.25, 0.3) is 10.9 Å². The highest BCUT2D eigenvalue weighted by molar-refractivity contribution is 7.99. The van der Waals surface area contributed by atoms with Crippen LogP contribution in [0.15, 0.2) is 35.6 Å². The van der Waals surface area contributed by atoms with E-state index in [-0.39, 0.29) is 0 Å². The first-order valence-electron chi connectivity index (χ1n) is 6.72. The van der Waals surface area contributed by atoms with Crippen molar-refractivity contribution in [3.05, 3.63) is 30.6 Å². The molecule has 1 N–H and O–H groups in total. The molecular formula is C15H21N3S. The zero-order valence-electron chi connectivity index (χ0n) is 11.8. The maximum Gasteiger partial charge on any atom is 0.117 e. The molecule has 2 rings (SSSR count). The molecule has 1 unspecified atom stereocenters. The van der Waals surface area contributed by atoms with Gasteiger partial charge in [0.15, 0.2) is 0 Å². The lowest BCUT2D eigenvalue weighted by atomic mass is 10.2. The molecule has 2 aromatic rings. The Labute approximate surface area is 119 Å². The van der Waals surface area contributed by atoms with Gasteiger partial charge in [0.1, 0.15) is 11.4 Å². The van der Waals surface area contributed by atoms with Crippen molar-refractivity contribution in [3.63, 3.8) is 0 Å². The minimum atomic E-state index is 0.548. The van der Waals surface area contributed by atoms with E-state index in [2.05, 4.69) is 42.1 Å². The summed E-state index contributed by atoms with van der Waals surface area (Å²) in [6.45, 7) is 7.68. The summed E-state index contributed by atoms with van der Waals surface area (Å²) >= 11 is 1.82. The molecule has 3 nitrogen and oxygen atoms in total. The van der Waals surface area contributed by atoms with Crippen molar-refractivity contribution in [1.29, 1.82) is 0 Å². The Balaban J connectivity index is 1.98. The monoisotopic (exact) mass is 275 g/mol. The zero-order chi connectivity index (χ0) is 13.7. The summed E-state index contributed by atoms with van der Waals surface area (Å²) in [5.41, 5.74) is 1.02. The van der Waals surface area contributed by atoms with E-state index in [9.17, 15) is 0 Å². The van der Waals surface area contributed by atoms with Crippen LogP contribution in [-0.2, 0) is 0 Å². The maximum atomic E-state index is 4.41. The quantitative estimate of drug-likeness (QED) is 0.648. The molecular weight excluding hydrogens is 254 g/mol. The van der Waals surface area contributed by atoms with Gasteiger partial charge in [0.05, 0.1) is 5.52 Å². The molecule has 0 aliphatic carbocycles. The fourth-order valence-corrected chi connectivity index (χ4v) is 2.82. The molecule has 19 heavy (non-hydrogen) atoms. The van der Waals surface area contributed by atoms with Crippen LogP contribution in [0.4, 0.5) is 0 Å². The van der Waals surface area contributed by atoms with Crippen LogP contribution in [0.5, 0.6) is 0 Å². The van der Waals surface area contributed by atoms with Gasteiger partial charge in [-0.2, -0.15) is 0 Å². The van der Waals surface area contributed by atoms with Crippen LogP contribution in [-0.4, -0.2) is 28.3 Å². The van der Waals surface area contributed by atoms with E-state index in [1.807, 2.05) is 30.0 Å². The van der Waals surface area contributed by atoms with Gasteiger partial charge >= 0.3 is 0 Å². The Morgan fingerprint density at radius 2 is 1.95 bits per heavy atom. The second-order valence-electron chi connectivity index (χ2n) is 5.18. The highest BCUT2D eigenvalue weighted by Crippen LogP contribution is 2.25. The van der Waals surface area contributed by atoms with Crippen LogP contribution in [0.1, 0.15) is 20.8 Å². The van der Waals surface area contributed by atoms with E-state index >= 15 is 0 Å². The van der Waals surface area contributed by atoms with E-state index < -0.39 is 0 Å². The number of benzene rings is 1. The molecule has 1 aromatic heterocycles. The molecule has 1 atom stereocenters. The Bertz CT molecular complexity index is 522. The molecule has 0 saturated heterocycles. The Morgan fingerprint density at radius 3 is 2.74 bits per heavy atom. The molecule has 4 heteroatoms. The molecule has 0 fully saturated rings. The number of hydrogen-bond acceptors (Lipinski definition) is 4. The molecule has 0 amide bonds. The Kier molecular flexibility index (Phi) is 5.16. The number of nitrogens with one attached hydrogen (secondary N) is 1. The third-order valence-electron chi connectivity index (χ3n) is 2.89. The Hall–Kier alpha value is -1.13. The van der Waals surface area contributed by atoms with Crippen molar-refractivity contribution in [3.8, 4) is 0 Å². The first-order valence-corrected chi connectivity index (χ1v) is 7.71. The predicted octanol–water partition coefficient (Wildman–Crippen LogP) is 3.36. The van der Waals surface area contributed by atoms with Crippen molar-refractivity contribution in [2.75, 3.05) is 12.3 Å². The molecule has 1 aromatic carbocycles. The van der Waals surface area contributed by atoms with Gasteiger partial charge in [0.2, 0.25) is 0 Å². The third-order valence-corrected chi connectivity index (χ3v) is 4.22. The minimum Gasteiger partial charge on any atom is -0.314 e. The van der Waals surface area contributed by atoms with Gasteiger partial charge in [-0.3, -0.25) is 0 Å². The normalized spacial score (nSPS) is 13.1. The topological polar surface area (TPSA) is 37.8 Å². The summed E-state index contributed by atoms with van der Waals surface area (Å²) in [5.74, 6) is 1.70. The fraction of sp³-hybridized carbons (Fsp3) is 0.467. The first-order chi connectivity index (χ1) is 9.16. The number of thioether (sulfide) groups is 1. The van der Waals surface area contributed by atoms with Gasteiger partial charge in [-0.15, -0.1) is 11.8 Å². The van der Waals surface area contributed by atoms with Crippen LogP contribution in [0, 0.1) is 5.92 Å². The van der Waals surface area contributed by atoms with Gasteiger partial charge in [-0.1, -0.05) is 39.0 Å². The summed E-state index contributed by atoms with van der Waals surface area (Å²) in [7, 11) is 0.